The fourth-order valence-electron chi connectivity index (χ4n) is 2.77. The molecular formula is C17H21N3O3. The van der Waals surface area contributed by atoms with Crippen molar-refractivity contribution in [1.82, 2.24) is 15.1 Å². The van der Waals surface area contributed by atoms with Gasteiger partial charge in [0.25, 0.3) is 0 Å². The molecule has 1 amide bonds. The summed E-state index contributed by atoms with van der Waals surface area (Å²) in [6.45, 7) is 0.767. The molecule has 122 valence electrons. The van der Waals surface area contributed by atoms with Crippen LogP contribution in [0.25, 0.3) is 0 Å². The van der Waals surface area contributed by atoms with Gasteiger partial charge in [0.15, 0.2) is 0 Å². The van der Waals surface area contributed by atoms with Gasteiger partial charge in [0, 0.05) is 12.6 Å². The Hall–Kier alpha value is -2.34. The molecule has 2 N–H and O–H groups in total. The molecule has 1 aliphatic rings. The van der Waals surface area contributed by atoms with Crippen LogP contribution in [-0.2, 0) is 11.2 Å². The van der Waals surface area contributed by atoms with E-state index >= 15 is 0 Å². The van der Waals surface area contributed by atoms with Gasteiger partial charge in [-0.25, -0.2) is 0 Å². The number of carbonyl (C=O) groups is 1. The summed E-state index contributed by atoms with van der Waals surface area (Å²) in [5.74, 6) is 0.775. The molecule has 0 saturated carbocycles. The van der Waals surface area contributed by atoms with Crippen LogP contribution >= 0.6 is 0 Å². The standard InChI is InChI=1S/C17H21N3O3/c21-15-11-20(12-16(15)23-14-6-2-1-3-7-14)17(22)8-4-5-13-9-18-19-10-13/h1-3,6-7,9-10,15-16,21H,4-5,8,11-12H2,(H,18,19)/t15-,16-/m1/s1. The Morgan fingerprint density at radius 3 is 2.91 bits per heavy atom. The first-order valence-corrected chi connectivity index (χ1v) is 7.87. The number of amides is 1. The lowest BCUT2D eigenvalue weighted by Gasteiger charge is -2.17. The smallest absolute Gasteiger partial charge is 0.222 e. The number of ether oxygens (including phenoxy) is 1. The number of aromatic amines is 1. The number of hydrogen-bond donors (Lipinski definition) is 2. The number of H-pyrrole nitrogens is 1. The third-order valence-corrected chi connectivity index (χ3v) is 4.03. The lowest BCUT2D eigenvalue weighted by atomic mass is 10.1. The molecule has 2 aromatic rings. The number of aromatic nitrogens is 2. The molecule has 2 atom stereocenters. The summed E-state index contributed by atoms with van der Waals surface area (Å²) in [5.41, 5.74) is 1.10. The summed E-state index contributed by atoms with van der Waals surface area (Å²) in [7, 11) is 0. The van der Waals surface area contributed by atoms with E-state index in [0.29, 0.717) is 25.3 Å². The number of hydrogen-bond acceptors (Lipinski definition) is 4. The molecular weight excluding hydrogens is 294 g/mol. The molecule has 23 heavy (non-hydrogen) atoms. The molecule has 1 aromatic heterocycles. The van der Waals surface area contributed by atoms with E-state index in [4.69, 9.17) is 4.74 Å². The van der Waals surface area contributed by atoms with Crippen LogP contribution in [0.4, 0.5) is 0 Å². The minimum absolute atomic E-state index is 0.0618. The van der Waals surface area contributed by atoms with Gasteiger partial charge >= 0.3 is 0 Å². The zero-order valence-corrected chi connectivity index (χ0v) is 12.9. The fraction of sp³-hybridized carbons (Fsp3) is 0.412. The predicted molar refractivity (Wildman–Crippen MR) is 85.0 cm³/mol. The van der Waals surface area contributed by atoms with Gasteiger partial charge in [-0.1, -0.05) is 18.2 Å². The van der Waals surface area contributed by atoms with E-state index in [2.05, 4.69) is 10.2 Å². The number of aliphatic hydroxyl groups is 1. The maximum atomic E-state index is 12.3. The monoisotopic (exact) mass is 315 g/mol. The Labute approximate surface area is 135 Å². The molecule has 0 bridgehead atoms. The summed E-state index contributed by atoms with van der Waals surface area (Å²) in [5, 5.41) is 16.8. The van der Waals surface area contributed by atoms with Crippen LogP contribution in [0.1, 0.15) is 18.4 Å². The average molecular weight is 315 g/mol. The van der Waals surface area contributed by atoms with Crippen molar-refractivity contribution in [3.05, 3.63) is 48.3 Å². The normalized spacial score (nSPS) is 20.7. The second-order valence-electron chi connectivity index (χ2n) is 5.80. The topological polar surface area (TPSA) is 78.5 Å². The van der Waals surface area contributed by atoms with Gasteiger partial charge in [-0.2, -0.15) is 5.10 Å². The number of nitrogens with zero attached hydrogens (tertiary/aromatic N) is 2. The van der Waals surface area contributed by atoms with E-state index in [1.165, 1.54) is 0 Å². The zero-order chi connectivity index (χ0) is 16.1. The SMILES string of the molecule is O=C(CCCc1cn[nH]c1)N1C[C@@H](O)[C@H](Oc2ccccc2)C1. The van der Waals surface area contributed by atoms with E-state index in [-0.39, 0.29) is 12.0 Å². The van der Waals surface area contributed by atoms with Gasteiger partial charge in [-0.15, -0.1) is 0 Å². The van der Waals surface area contributed by atoms with Gasteiger partial charge in [0.05, 0.1) is 19.3 Å². The Morgan fingerprint density at radius 1 is 1.35 bits per heavy atom. The van der Waals surface area contributed by atoms with Crippen LogP contribution in [-0.4, -0.2) is 51.4 Å². The molecule has 1 saturated heterocycles. The highest BCUT2D eigenvalue weighted by molar-refractivity contribution is 5.76. The van der Waals surface area contributed by atoms with E-state index in [9.17, 15) is 9.90 Å². The molecule has 6 nitrogen and oxygen atoms in total. The van der Waals surface area contributed by atoms with Crippen LogP contribution in [0.2, 0.25) is 0 Å². The minimum Gasteiger partial charge on any atom is -0.486 e. The number of β-amino-alcohol motifs (C(OH)–C–C–N with tert-alkyl or cyclic N) is 1. The number of rotatable bonds is 6. The number of benzene rings is 1. The van der Waals surface area contributed by atoms with Crippen LogP contribution in [0.3, 0.4) is 0 Å². The molecule has 0 radical (unpaired) electrons. The number of aryl methyl sites for hydroxylation is 1. The quantitative estimate of drug-likeness (QED) is 0.844. The van der Waals surface area contributed by atoms with Crippen LogP contribution in [0.5, 0.6) is 5.75 Å². The average Bonchev–Trinajstić information content (AvgIpc) is 3.19. The van der Waals surface area contributed by atoms with Crippen molar-refractivity contribution in [2.24, 2.45) is 0 Å². The van der Waals surface area contributed by atoms with Crippen molar-refractivity contribution in [2.75, 3.05) is 13.1 Å². The first-order chi connectivity index (χ1) is 11.2. The molecule has 1 aliphatic heterocycles. The van der Waals surface area contributed by atoms with E-state index in [1.807, 2.05) is 36.5 Å². The molecule has 3 rings (SSSR count). The van der Waals surface area contributed by atoms with Crippen LogP contribution in [0.15, 0.2) is 42.7 Å². The first-order valence-electron chi connectivity index (χ1n) is 7.87. The van der Waals surface area contributed by atoms with Crippen LogP contribution in [0, 0.1) is 0 Å². The van der Waals surface area contributed by atoms with Gasteiger partial charge in [0.1, 0.15) is 18.0 Å². The number of carbonyl (C=O) groups excluding carboxylic acids is 1. The Kier molecular flexibility index (Phi) is 4.92. The van der Waals surface area contributed by atoms with Crippen molar-refractivity contribution in [1.29, 1.82) is 0 Å². The summed E-state index contributed by atoms with van der Waals surface area (Å²) < 4.78 is 5.78. The number of aliphatic hydroxyl groups excluding tert-OH is 1. The lowest BCUT2D eigenvalue weighted by Crippen LogP contribution is -2.31. The molecule has 0 unspecified atom stereocenters. The minimum atomic E-state index is -0.645. The predicted octanol–water partition coefficient (Wildman–Crippen LogP) is 1.38. The van der Waals surface area contributed by atoms with Crippen LogP contribution < -0.4 is 4.74 Å². The zero-order valence-electron chi connectivity index (χ0n) is 12.9. The highest BCUT2D eigenvalue weighted by atomic mass is 16.5. The van der Waals surface area contributed by atoms with Gasteiger partial charge < -0.3 is 14.7 Å². The van der Waals surface area contributed by atoms with Crippen molar-refractivity contribution in [3.8, 4) is 5.75 Å². The van der Waals surface area contributed by atoms with E-state index in [1.54, 1.807) is 11.1 Å². The third-order valence-electron chi connectivity index (χ3n) is 4.03. The summed E-state index contributed by atoms with van der Waals surface area (Å²) in [6, 6.07) is 9.38. The Bertz CT molecular complexity index is 615. The number of para-hydroxylation sites is 1. The van der Waals surface area contributed by atoms with Crippen molar-refractivity contribution in [2.45, 2.75) is 31.5 Å². The third kappa shape index (κ3) is 4.10. The number of likely N-dealkylation sites (tertiary alicyclic amines) is 1. The molecule has 2 heterocycles. The summed E-state index contributed by atoms with van der Waals surface area (Å²) in [6.07, 6.45) is 4.67. The maximum absolute atomic E-state index is 12.3. The lowest BCUT2D eigenvalue weighted by molar-refractivity contribution is -0.130. The Morgan fingerprint density at radius 2 is 2.17 bits per heavy atom. The highest BCUT2D eigenvalue weighted by Gasteiger charge is 2.35. The number of nitrogens with one attached hydrogen (secondary N) is 1. The Balaban J connectivity index is 1.46. The van der Waals surface area contributed by atoms with Gasteiger partial charge in [-0.3, -0.25) is 9.89 Å². The van der Waals surface area contributed by atoms with Crippen molar-refractivity contribution >= 4 is 5.91 Å². The summed E-state index contributed by atoms with van der Waals surface area (Å²) >= 11 is 0. The summed E-state index contributed by atoms with van der Waals surface area (Å²) in [4.78, 5) is 13.9. The van der Waals surface area contributed by atoms with Crippen molar-refractivity contribution < 1.29 is 14.6 Å². The second kappa shape index (κ2) is 7.28. The van der Waals surface area contributed by atoms with Gasteiger partial charge in [0.2, 0.25) is 5.91 Å². The molecule has 6 heteroatoms. The van der Waals surface area contributed by atoms with E-state index in [0.717, 1.165) is 18.4 Å². The highest BCUT2D eigenvalue weighted by Crippen LogP contribution is 2.19. The van der Waals surface area contributed by atoms with E-state index < -0.39 is 6.10 Å². The molecule has 0 spiro atoms. The van der Waals surface area contributed by atoms with Gasteiger partial charge in [-0.05, 0) is 30.5 Å². The van der Waals surface area contributed by atoms with Crippen molar-refractivity contribution in [3.63, 3.8) is 0 Å². The largest absolute Gasteiger partial charge is 0.486 e. The molecule has 1 aromatic carbocycles. The molecule has 1 fully saturated rings. The maximum Gasteiger partial charge on any atom is 0.222 e. The molecule has 0 aliphatic carbocycles. The fourth-order valence-corrected chi connectivity index (χ4v) is 2.77. The second-order valence-corrected chi connectivity index (χ2v) is 5.80. The first kappa shape index (κ1) is 15.6.